The van der Waals surface area contributed by atoms with Crippen molar-refractivity contribution in [2.24, 2.45) is 11.8 Å². The number of nitrogens with one attached hydrogen (secondary N) is 3. The van der Waals surface area contributed by atoms with Gasteiger partial charge in [-0.15, -0.1) is 11.8 Å². The molecule has 4 rings (SSSR count). The second-order valence-corrected chi connectivity index (χ2v) is 11.1. The number of carbonyl (C=O) groups is 3. The molecule has 0 radical (unpaired) electrons. The molecule has 0 bridgehead atoms. The number of anilines is 3. The van der Waals surface area contributed by atoms with Crippen molar-refractivity contribution in [1.82, 2.24) is 10.2 Å². The Morgan fingerprint density at radius 3 is 2.54 bits per heavy atom. The Kier molecular flexibility index (Phi) is 8.67. The van der Waals surface area contributed by atoms with Crippen LogP contribution in [0.5, 0.6) is 0 Å². The first kappa shape index (κ1) is 30.0. The van der Waals surface area contributed by atoms with E-state index in [-0.39, 0.29) is 37.1 Å². The summed E-state index contributed by atoms with van der Waals surface area (Å²) < 4.78 is 51.9. The first-order valence-corrected chi connectivity index (χ1v) is 13.6. The number of benzene rings is 2. The molecule has 2 aliphatic rings. The average molecular weight is 593 g/mol. The number of carbonyl (C=O) groups excluding carboxylic acids is 3. The minimum atomic E-state index is -4.60. The van der Waals surface area contributed by atoms with E-state index in [9.17, 15) is 37.2 Å². The molecule has 2 aromatic rings. The van der Waals surface area contributed by atoms with E-state index in [4.69, 9.17) is 0 Å². The van der Waals surface area contributed by atoms with Gasteiger partial charge in [-0.25, -0.2) is 4.39 Å². The molecule has 4 atom stereocenters. The molecule has 1 aliphatic carbocycles. The summed E-state index contributed by atoms with van der Waals surface area (Å²) in [4.78, 5) is 39.9. The summed E-state index contributed by atoms with van der Waals surface area (Å²) in [6.45, 7) is 0.372. The fraction of sp³-hybridized carbons (Fsp3) is 0.407. The normalized spacial score (nSPS) is 23.2. The number of hydrogen-bond acceptors (Lipinski definition) is 7. The highest BCUT2D eigenvalue weighted by Crippen LogP contribution is 2.66. The van der Waals surface area contributed by atoms with E-state index in [1.54, 1.807) is 56.4 Å². The SMILES string of the molecule is CCN1C(=O)C(CNc2cccc(NC(=O)CN(C)c3ccccc3F)c2)SC12C(C#N)[C@@H]2C(=O)NCC(F)(F)F. The molecular formula is C27H28F4N6O3S. The molecule has 2 fully saturated rings. The van der Waals surface area contributed by atoms with Gasteiger partial charge in [0.2, 0.25) is 17.7 Å². The molecule has 3 amide bonds. The zero-order valence-corrected chi connectivity index (χ0v) is 23.0. The van der Waals surface area contributed by atoms with Crippen molar-refractivity contribution >= 4 is 46.5 Å². The number of nitrogens with zero attached hydrogens (tertiary/aromatic N) is 3. The zero-order valence-electron chi connectivity index (χ0n) is 22.2. The van der Waals surface area contributed by atoms with Gasteiger partial charge in [-0.3, -0.25) is 14.4 Å². The summed E-state index contributed by atoms with van der Waals surface area (Å²) in [5.41, 5.74) is 1.33. The highest BCUT2D eigenvalue weighted by atomic mass is 32.2. The minimum absolute atomic E-state index is 0.0987. The van der Waals surface area contributed by atoms with Crippen molar-refractivity contribution < 1.29 is 31.9 Å². The van der Waals surface area contributed by atoms with Crippen LogP contribution in [0.25, 0.3) is 0 Å². The Labute approximate surface area is 238 Å². The molecule has 3 N–H and O–H groups in total. The number of nitriles is 1. The average Bonchev–Trinajstić information content (AvgIpc) is 3.47. The third-order valence-electron chi connectivity index (χ3n) is 6.89. The van der Waals surface area contributed by atoms with E-state index >= 15 is 0 Å². The Hall–Kier alpha value is -3.99. The minimum Gasteiger partial charge on any atom is -0.383 e. The van der Waals surface area contributed by atoms with Gasteiger partial charge in [-0.2, -0.15) is 18.4 Å². The Morgan fingerprint density at radius 2 is 1.88 bits per heavy atom. The lowest BCUT2D eigenvalue weighted by atomic mass is 10.2. The van der Waals surface area contributed by atoms with Crippen molar-refractivity contribution in [3.8, 4) is 6.07 Å². The predicted octanol–water partition coefficient (Wildman–Crippen LogP) is 3.42. The van der Waals surface area contributed by atoms with Crippen LogP contribution in [-0.2, 0) is 14.4 Å². The summed E-state index contributed by atoms with van der Waals surface area (Å²) in [5, 5.41) is 16.7. The lowest BCUT2D eigenvalue weighted by molar-refractivity contribution is -0.140. The Balaban J connectivity index is 1.37. The summed E-state index contributed by atoms with van der Waals surface area (Å²) in [5.74, 6) is -4.06. The van der Waals surface area contributed by atoms with Crippen LogP contribution in [0.4, 0.5) is 34.6 Å². The molecular weight excluding hydrogens is 564 g/mol. The van der Waals surface area contributed by atoms with E-state index in [1.165, 1.54) is 15.9 Å². The standard InChI is InChI=1S/C27H28F4N6O3S/c1-3-37-25(40)21(41-27(37)18(12-32)23(27)24(39)34-15-26(29,30)31)13-33-16-7-6-8-17(11-16)35-22(38)14-36(2)20-10-5-4-9-19(20)28/h4-11,18,21,23,33H,3,13-15H2,1-2H3,(H,34,39)(H,35,38)/t18?,21?,23-,27?/m1/s1. The summed E-state index contributed by atoms with van der Waals surface area (Å²) in [6.07, 6.45) is -4.60. The molecule has 41 heavy (non-hydrogen) atoms. The van der Waals surface area contributed by atoms with Crippen LogP contribution >= 0.6 is 11.8 Å². The molecule has 2 aromatic carbocycles. The second kappa shape index (κ2) is 11.9. The van der Waals surface area contributed by atoms with Gasteiger partial charge in [0.1, 0.15) is 22.5 Å². The van der Waals surface area contributed by atoms with Crippen LogP contribution in [0.15, 0.2) is 48.5 Å². The third-order valence-corrected chi connectivity index (χ3v) is 8.65. The van der Waals surface area contributed by atoms with E-state index in [0.717, 1.165) is 11.8 Å². The summed E-state index contributed by atoms with van der Waals surface area (Å²) in [7, 11) is 1.60. The fourth-order valence-corrected chi connectivity index (χ4v) is 6.89. The maximum atomic E-state index is 14.0. The lowest BCUT2D eigenvalue weighted by Gasteiger charge is -2.22. The number of amides is 3. The molecule has 3 unspecified atom stereocenters. The number of thioether (sulfide) groups is 1. The van der Waals surface area contributed by atoms with E-state index in [0.29, 0.717) is 11.4 Å². The molecule has 1 spiro atoms. The topological polar surface area (TPSA) is 118 Å². The summed E-state index contributed by atoms with van der Waals surface area (Å²) >= 11 is 1.11. The third kappa shape index (κ3) is 6.35. The van der Waals surface area contributed by atoms with Crippen LogP contribution in [0.3, 0.4) is 0 Å². The highest BCUT2D eigenvalue weighted by Gasteiger charge is 2.77. The van der Waals surface area contributed by atoms with Crippen molar-refractivity contribution in [2.45, 2.75) is 23.2 Å². The molecule has 14 heteroatoms. The molecule has 1 heterocycles. The molecule has 1 saturated carbocycles. The van der Waals surface area contributed by atoms with Crippen molar-refractivity contribution in [2.75, 3.05) is 48.8 Å². The van der Waals surface area contributed by atoms with Gasteiger partial charge in [0, 0.05) is 31.5 Å². The second-order valence-electron chi connectivity index (χ2n) is 9.68. The zero-order chi connectivity index (χ0) is 29.9. The van der Waals surface area contributed by atoms with E-state index in [2.05, 4.69) is 10.6 Å². The fourth-order valence-electron chi connectivity index (χ4n) is 5.04. The van der Waals surface area contributed by atoms with Gasteiger partial charge in [0.05, 0.1) is 30.1 Å². The van der Waals surface area contributed by atoms with Gasteiger partial charge in [0.25, 0.3) is 0 Å². The first-order valence-electron chi connectivity index (χ1n) is 12.7. The van der Waals surface area contributed by atoms with Crippen LogP contribution < -0.4 is 20.9 Å². The van der Waals surface area contributed by atoms with Gasteiger partial charge in [-0.05, 0) is 37.3 Å². The van der Waals surface area contributed by atoms with Gasteiger partial charge in [-0.1, -0.05) is 18.2 Å². The van der Waals surface area contributed by atoms with Crippen LogP contribution in [0, 0.1) is 29.0 Å². The monoisotopic (exact) mass is 592 g/mol. The first-order chi connectivity index (χ1) is 19.4. The molecule has 1 aliphatic heterocycles. The van der Waals surface area contributed by atoms with E-state index < -0.39 is 46.4 Å². The van der Waals surface area contributed by atoms with Gasteiger partial charge >= 0.3 is 6.18 Å². The predicted molar refractivity (Wildman–Crippen MR) is 146 cm³/mol. The van der Waals surface area contributed by atoms with Crippen LogP contribution in [0.2, 0.25) is 0 Å². The van der Waals surface area contributed by atoms with Crippen LogP contribution in [-0.4, -0.2) is 72.1 Å². The maximum Gasteiger partial charge on any atom is 0.405 e. The number of alkyl halides is 3. The van der Waals surface area contributed by atoms with Crippen molar-refractivity contribution in [1.29, 1.82) is 5.26 Å². The molecule has 218 valence electrons. The summed E-state index contributed by atoms with van der Waals surface area (Å²) in [6, 6.07) is 14.8. The van der Waals surface area contributed by atoms with Crippen molar-refractivity contribution in [3.63, 3.8) is 0 Å². The molecule has 1 saturated heterocycles. The smallest absolute Gasteiger partial charge is 0.383 e. The highest BCUT2D eigenvalue weighted by molar-refractivity contribution is 8.02. The number of likely N-dealkylation sites (N-methyl/N-ethyl adjacent to an activating group) is 1. The van der Waals surface area contributed by atoms with Gasteiger partial charge in [0.15, 0.2) is 0 Å². The largest absolute Gasteiger partial charge is 0.405 e. The van der Waals surface area contributed by atoms with Crippen molar-refractivity contribution in [3.05, 3.63) is 54.3 Å². The number of para-hydroxylation sites is 1. The molecule has 0 aromatic heterocycles. The molecule has 9 nitrogen and oxygen atoms in total. The number of halogens is 4. The maximum absolute atomic E-state index is 14.0. The number of rotatable bonds is 10. The lowest BCUT2D eigenvalue weighted by Crippen LogP contribution is -2.41. The van der Waals surface area contributed by atoms with Crippen LogP contribution in [0.1, 0.15) is 6.92 Å². The Bertz CT molecular complexity index is 1370. The van der Waals surface area contributed by atoms with Gasteiger partial charge < -0.3 is 25.8 Å². The Morgan fingerprint density at radius 1 is 1.17 bits per heavy atom. The van der Waals surface area contributed by atoms with E-state index in [1.807, 2.05) is 11.4 Å². The number of hydrogen-bond donors (Lipinski definition) is 3. The quantitative estimate of drug-likeness (QED) is 0.362.